The fraction of sp³-hybridized carbons (Fsp3) is 0.571. The summed E-state index contributed by atoms with van der Waals surface area (Å²) in [5.74, 6) is 0.860. The predicted molar refractivity (Wildman–Crippen MR) is 70.2 cm³/mol. The third-order valence-electron chi connectivity index (χ3n) is 2.53. The van der Waals surface area contributed by atoms with Gasteiger partial charge in [0.2, 0.25) is 0 Å². The largest absolute Gasteiger partial charge is 0.491 e. The normalized spacial score (nSPS) is 12.8. The predicted octanol–water partition coefficient (Wildman–Crippen LogP) is 2.90. The molecule has 0 amide bonds. The van der Waals surface area contributed by atoms with E-state index in [0.29, 0.717) is 13.2 Å². The highest BCUT2D eigenvalue weighted by molar-refractivity contribution is 5.30. The standard InChI is InChI=1S/C14H23NO2/c1-4-14(15)12-6-5-7-13(10-12)17-9-8-16-11(2)3/h5-7,10-11,14H,4,8-9,15H2,1-3H3. The summed E-state index contributed by atoms with van der Waals surface area (Å²) in [5, 5.41) is 0. The molecule has 0 saturated heterocycles. The van der Waals surface area contributed by atoms with E-state index >= 15 is 0 Å². The molecular formula is C14H23NO2. The van der Waals surface area contributed by atoms with Gasteiger partial charge in [0, 0.05) is 6.04 Å². The number of hydrogen-bond donors (Lipinski definition) is 1. The maximum atomic E-state index is 5.98. The molecule has 1 unspecified atom stereocenters. The summed E-state index contributed by atoms with van der Waals surface area (Å²) in [4.78, 5) is 0. The van der Waals surface area contributed by atoms with Gasteiger partial charge in [-0.2, -0.15) is 0 Å². The third kappa shape index (κ3) is 5.20. The number of hydrogen-bond acceptors (Lipinski definition) is 3. The highest BCUT2D eigenvalue weighted by Crippen LogP contribution is 2.19. The van der Waals surface area contributed by atoms with E-state index in [0.717, 1.165) is 17.7 Å². The van der Waals surface area contributed by atoms with E-state index in [9.17, 15) is 0 Å². The summed E-state index contributed by atoms with van der Waals surface area (Å²) in [6, 6.07) is 8.05. The second kappa shape index (κ2) is 7.30. The lowest BCUT2D eigenvalue weighted by Crippen LogP contribution is -2.12. The molecule has 0 aromatic heterocycles. The van der Waals surface area contributed by atoms with Crippen LogP contribution >= 0.6 is 0 Å². The highest BCUT2D eigenvalue weighted by atomic mass is 16.5. The molecule has 3 nitrogen and oxygen atoms in total. The minimum Gasteiger partial charge on any atom is -0.491 e. The van der Waals surface area contributed by atoms with Crippen LogP contribution in [0, 0.1) is 0 Å². The van der Waals surface area contributed by atoms with E-state index in [1.165, 1.54) is 0 Å². The molecule has 0 aliphatic heterocycles. The minimum atomic E-state index is 0.0884. The Hall–Kier alpha value is -1.06. The smallest absolute Gasteiger partial charge is 0.119 e. The van der Waals surface area contributed by atoms with Crippen molar-refractivity contribution in [3.8, 4) is 5.75 Å². The average Bonchev–Trinajstić information content (AvgIpc) is 2.34. The highest BCUT2D eigenvalue weighted by Gasteiger charge is 2.04. The van der Waals surface area contributed by atoms with Gasteiger partial charge in [0.25, 0.3) is 0 Å². The van der Waals surface area contributed by atoms with Gasteiger partial charge in [-0.25, -0.2) is 0 Å². The molecule has 1 aromatic rings. The number of benzene rings is 1. The average molecular weight is 237 g/mol. The van der Waals surface area contributed by atoms with Crippen LogP contribution in [0.5, 0.6) is 5.75 Å². The molecule has 0 saturated carbocycles. The van der Waals surface area contributed by atoms with Gasteiger partial charge in [0.1, 0.15) is 12.4 Å². The van der Waals surface area contributed by atoms with Crippen molar-refractivity contribution >= 4 is 0 Å². The molecule has 17 heavy (non-hydrogen) atoms. The molecule has 0 aliphatic carbocycles. The lowest BCUT2D eigenvalue weighted by Gasteiger charge is -2.12. The Morgan fingerprint density at radius 2 is 2.00 bits per heavy atom. The van der Waals surface area contributed by atoms with E-state index in [4.69, 9.17) is 15.2 Å². The first-order chi connectivity index (χ1) is 8.13. The van der Waals surface area contributed by atoms with Crippen molar-refractivity contribution in [2.24, 2.45) is 5.73 Å². The third-order valence-corrected chi connectivity index (χ3v) is 2.53. The molecule has 1 atom stereocenters. The van der Waals surface area contributed by atoms with Crippen molar-refractivity contribution in [2.75, 3.05) is 13.2 Å². The van der Waals surface area contributed by atoms with Crippen LogP contribution in [0.3, 0.4) is 0 Å². The Kier molecular flexibility index (Phi) is 6.01. The Morgan fingerprint density at radius 3 is 2.65 bits per heavy atom. The van der Waals surface area contributed by atoms with E-state index in [1.54, 1.807) is 0 Å². The van der Waals surface area contributed by atoms with Gasteiger partial charge >= 0.3 is 0 Å². The number of ether oxygens (including phenoxy) is 2. The zero-order valence-corrected chi connectivity index (χ0v) is 11.0. The van der Waals surface area contributed by atoms with E-state index in [-0.39, 0.29) is 12.1 Å². The zero-order chi connectivity index (χ0) is 12.7. The summed E-state index contributed by atoms with van der Waals surface area (Å²) >= 11 is 0. The molecule has 1 aromatic carbocycles. The molecular weight excluding hydrogens is 214 g/mol. The van der Waals surface area contributed by atoms with Crippen LogP contribution in [0.4, 0.5) is 0 Å². The maximum absolute atomic E-state index is 5.98. The van der Waals surface area contributed by atoms with Crippen LogP contribution in [-0.2, 0) is 4.74 Å². The summed E-state index contributed by atoms with van der Waals surface area (Å²) in [7, 11) is 0. The first-order valence-electron chi connectivity index (χ1n) is 6.23. The van der Waals surface area contributed by atoms with Crippen molar-refractivity contribution < 1.29 is 9.47 Å². The molecule has 2 N–H and O–H groups in total. The maximum Gasteiger partial charge on any atom is 0.119 e. The lowest BCUT2D eigenvalue weighted by molar-refractivity contribution is 0.0552. The monoisotopic (exact) mass is 237 g/mol. The zero-order valence-electron chi connectivity index (χ0n) is 11.0. The first-order valence-corrected chi connectivity index (χ1v) is 6.23. The molecule has 0 bridgehead atoms. The Bertz CT molecular complexity index is 326. The van der Waals surface area contributed by atoms with Crippen LogP contribution in [0.1, 0.15) is 38.8 Å². The molecule has 0 spiro atoms. The number of nitrogens with two attached hydrogens (primary N) is 1. The second-order valence-electron chi connectivity index (χ2n) is 4.36. The Balaban J connectivity index is 2.43. The quantitative estimate of drug-likeness (QED) is 0.742. The van der Waals surface area contributed by atoms with Crippen molar-refractivity contribution in [3.05, 3.63) is 29.8 Å². The molecule has 96 valence electrons. The van der Waals surface area contributed by atoms with Crippen molar-refractivity contribution in [1.82, 2.24) is 0 Å². The van der Waals surface area contributed by atoms with Crippen molar-refractivity contribution in [3.63, 3.8) is 0 Å². The molecule has 3 heteroatoms. The van der Waals surface area contributed by atoms with E-state index in [2.05, 4.69) is 6.92 Å². The van der Waals surface area contributed by atoms with Crippen LogP contribution in [0.2, 0.25) is 0 Å². The molecule has 0 fully saturated rings. The van der Waals surface area contributed by atoms with Crippen LogP contribution < -0.4 is 10.5 Å². The topological polar surface area (TPSA) is 44.5 Å². The molecule has 0 radical (unpaired) electrons. The molecule has 1 rings (SSSR count). The first kappa shape index (κ1) is 14.0. The summed E-state index contributed by atoms with van der Waals surface area (Å²) in [6.45, 7) is 7.29. The van der Waals surface area contributed by atoms with Gasteiger partial charge in [-0.3, -0.25) is 0 Å². The van der Waals surface area contributed by atoms with Crippen molar-refractivity contribution in [1.29, 1.82) is 0 Å². The van der Waals surface area contributed by atoms with Crippen LogP contribution in [0.15, 0.2) is 24.3 Å². The Labute approximate surface area is 104 Å². The van der Waals surface area contributed by atoms with Gasteiger partial charge in [-0.1, -0.05) is 19.1 Å². The molecule has 0 aliphatic rings. The van der Waals surface area contributed by atoms with Crippen molar-refractivity contribution in [2.45, 2.75) is 39.3 Å². The van der Waals surface area contributed by atoms with Gasteiger partial charge in [0.15, 0.2) is 0 Å². The van der Waals surface area contributed by atoms with Crippen LogP contribution in [-0.4, -0.2) is 19.3 Å². The summed E-state index contributed by atoms with van der Waals surface area (Å²) in [5.41, 5.74) is 7.10. The second-order valence-corrected chi connectivity index (χ2v) is 4.36. The number of rotatable bonds is 7. The van der Waals surface area contributed by atoms with E-state index < -0.39 is 0 Å². The van der Waals surface area contributed by atoms with Gasteiger partial charge in [0.05, 0.1) is 12.7 Å². The lowest BCUT2D eigenvalue weighted by atomic mass is 10.1. The fourth-order valence-electron chi connectivity index (χ4n) is 1.51. The minimum absolute atomic E-state index is 0.0884. The van der Waals surface area contributed by atoms with Gasteiger partial charge in [-0.15, -0.1) is 0 Å². The van der Waals surface area contributed by atoms with Gasteiger partial charge < -0.3 is 15.2 Å². The Morgan fingerprint density at radius 1 is 1.24 bits per heavy atom. The summed E-state index contributed by atoms with van der Waals surface area (Å²) < 4.78 is 11.0. The summed E-state index contributed by atoms with van der Waals surface area (Å²) in [6.07, 6.45) is 1.18. The fourth-order valence-corrected chi connectivity index (χ4v) is 1.51. The SMILES string of the molecule is CCC(N)c1cccc(OCCOC(C)C)c1. The van der Waals surface area contributed by atoms with Gasteiger partial charge in [-0.05, 0) is 38.0 Å². The van der Waals surface area contributed by atoms with E-state index in [1.807, 2.05) is 38.1 Å². The van der Waals surface area contributed by atoms with Crippen LogP contribution in [0.25, 0.3) is 0 Å². The molecule has 0 heterocycles.